The summed E-state index contributed by atoms with van der Waals surface area (Å²) >= 11 is 4.89. The van der Waals surface area contributed by atoms with Crippen LogP contribution in [0.4, 0.5) is 0 Å². The molecule has 0 aliphatic heterocycles. The van der Waals surface area contributed by atoms with Gasteiger partial charge in [0.05, 0.1) is 11.8 Å². The van der Waals surface area contributed by atoms with Gasteiger partial charge in [-0.05, 0) is 34.1 Å². The number of carbonyl (C=O) groups is 1. The van der Waals surface area contributed by atoms with Gasteiger partial charge in [0, 0.05) is 17.2 Å². The SMILES string of the molecule is O=C(NCCSc1ccccc1)c1ccoc1Br. The summed E-state index contributed by atoms with van der Waals surface area (Å²) < 4.78 is 5.48. The van der Waals surface area contributed by atoms with Gasteiger partial charge in [-0.3, -0.25) is 4.79 Å². The topological polar surface area (TPSA) is 42.2 Å². The Morgan fingerprint density at radius 3 is 2.72 bits per heavy atom. The first-order valence-electron chi connectivity index (χ1n) is 5.46. The van der Waals surface area contributed by atoms with Crippen molar-refractivity contribution in [2.24, 2.45) is 0 Å². The maximum absolute atomic E-state index is 11.7. The summed E-state index contributed by atoms with van der Waals surface area (Å²) in [5.41, 5.74) is 0.528. The predicted molar refractivity (Wildman–Crippen MR) is 75.9 cm³/mol. The van der Waals surface area contributed by atoms with E-state index in [1.807, 2.05) is 18.2 Å². The lowest BCUT2D eigenvalue weighted by Gasteiger charge is -2.04. The van der Waals surface area contributed by atoms with Gasteiger partial charge in [-0.2, -0.15) is 0 Å². The third kappa shape index (κ3) is 3.65. The van der Waals surface area contributed by atoms with E-state index in [0.717, 1.165) is 5.75 Å². The minimum Gasteiger partial charge on any atom is -0.457 e. The van der Waals surface area contributed by atoms with Crippen LogP contribution in [0.25, 0.3) is 0 Å². The number of halogens is 1. The molecule has 5 heteroatoms. The molecule has 18 heavy (non-hydrogen) atoms. The molecule has 0 fully saturated rings. The Kier molecular flexibility index (Phi) is 4.90. The van der Waals surface area contributed by atoms with E-state index in [0.29, 0.717) is 16.8 Å². The van der Waals surface area contributed by atoms with Crippen LogP contribution in [0.5, 0.6) is 0 Å². The van der Waals surface area contributed by atoms with Crippen LogP contribution in [0.2, 0.25) is 0 Å². The lowest BCUT2D eigenvalue weighted by Crippen LogP contribution is -2.25. The number of benzene rings is 1. The molecule has 0 atom stereocenters. The Morgan fingerprint density at radius 1 is 1.28 bits per heavy atom. The highest BCUT2D eigenvalue weighted by Crippen LogP contribution is 2.18. The van der Waals surface area contributed by atoms with E-state index >= 15 is 0 Å². The van der Waals surface area contributed by atoms with Gasteiger partial charge in [-0.25, -0.2) is 0 Å². The minimum atomic E-state index is -0.121. The molecule has 1 N–H and O–H groups in total. The lowest BCUT2D eigenvalue weighted by atomic mass is 10.3. The summed E-state index contributed by atoms with van der Waals surface area (Å²) in [5, 5.41) is 2.85. The highest BCUT2D eigenvalue weighted by atomic mass is 79.9. The summed E-state index contributed by atoms with van der Waals surface area (Å²) in [5.74, 6) is 0.717. The van der Waals surface area contributed by atoms with Crippen molar-refractivity contribution < 1.29 is 9.21 Å². The van der Waals surface area contributed by atoms with Crippen molar-refractivity contribution in [2.45, 2.75) is 4.90 Å². The van der Waals surface area contributed by atoms with Gasteiger partial charge in [0.2, 0.25) is 0 Å². The Morgan fingerprint density at radius 2 is 2.06 bits per heavy atom. The smallest absolute Gasteiger partial charge is 0.255 e. The molecule has 3 nitrogen and oxygen atoms in total. The standard InChI is InChI=1S/C13H12BrNO2S/c14-12-11(6-8-17-12)13(16)15-7-9-18-10-4-2-1-3-5-10/h1-6,8H,7,9H2,(H,15,16). The number of nitrogens with one attached hydrogen (secondary N) is 1. The maximum atomic E-state index is 11.7. The average molecular weight is 326 g/mol. The molecule has 2 aromatic rings. The number of hydrogen-bond donors (Lipinski definition) is 1. The monoisotopic (exact) mass is 325 g/mol. The van der Waals surface area contributed by atoms with Crippen molar-refractivity contribution in [1.82, 2.24) is 5.32 Å². The van der Waals surface area contributed by atoms with Crippen LogP contribution in [0.1, 0.15) is 10.4 Å². The summed E-state index contributed by atoms with van der Waals surface area (Å²) in [6.45, 7) is 0.621. The Balaban J connectivity index is 1.73. The normalized spacial score (nSPS) is 10.3. The second-order valence-corrected chi connectivity index (χ2v) is 5.41. The molecule has 0 radical (unpaired) electrons. The molecule has 1 amide bonds. The molecule has 0 aliphatic carbocycles. The molecule has 1 aromatic carbocycles. The van der Waals surface area contributed by atoms with Crippen LogP contribution >= 0.6 is 27.7 Å². The number of amides is 1. The molecule has 0 saturated carbocycles. The van der Waals surface area contributed by atoms with Gasteiger partial charge in [0.1, 0.15) is 0 Å². The van der Waals surface area contributed by atoms with Gasteiger partial charge >= 0.3 is 0 Å². The summed E-state index contributed by atoms with van der Waals surface area (Å²) in [6.07, 6.45) is 1.48. The zero-order valence-corrected chi connectivity index (χ0v) is 12.0. The number of furan rings is 1. The molecule has 1 heterocycles. The van der Waals surface area contributed by atoms with Crippen LogP contribution in [0.3, 0.4) is 0 Å². The van der Waals surface area contributed by atoms with Crippen LogP contribution < -0.4 is 5.32 Å². The van der Waals surface area contributed by atoms with Gasteiger partial charge < -0.3 is 9.73 Å². The third-order valence-electron chi connectivity index (χ3n) is 2.26. The summed E-state index contributed by atoms with van der Waals surface area (Å²) in [4.78, 5) is 12.9. The van der Waals surface area contributed by atoms with E-state index in [1.54, 1.807) is 17.8 Å². The molecule has 0 aliphatic rings. The lowest BCUT2D eigenvalue weighted by molar-refractivity contribution is 0.0954. The summed E-state index contributed by atoms with van der Waals surface area (Å²) in [7, 11) is 0. The van der Waals surface area contributed by atoms with E-state index in [1.165, 1.54) is 11.2 Å². The van der Waals surface area contributed by atoms with E-state index in [-0.39, 0.29) is 5.91 Å². The van der Waals surface area contributed by atoms with Crippen LogP contribution in [-0.2, 0) is 0 Å². The van der Waals surface area contributed by atoms with Crippen LogP contribution in [0, 0.1) is 0 Å². The van der Waals surface area contributed by atoms with Crippen molar-refractivity contribution in [3.63, 3.8) is 0 Å². The molecule has 0 bridgehead atoms. The Bertz CT molecular complexity index is 513. The summed E-state index contributed by atoms with van der Waals surface area (Å²) in [6, 6.07) is 11.7. The fraction of sp³-hybridized carbons (Fsp3) is 0.154. The molecule has 1 aromatic heterocycles. The largest absolute Gasteiger partial charge is 0.457 e. The van der Waals surface area contributed by atoms with Gasteiger partial charge in [-0.1, -0.05) is 18.2 Å². The molecule has 0 spiro atoms. The third-order valence-corrected chi connectivity index (χ3v) is 3.89. The Hall–Kier alpha value is -1.20. The Labute approximate surface area is 118 Å². The van der Waals surface area contributed by atoms with Crippen molar-refractivity contribution in [3.05, 3.63) is 52.9 Å². The second kappa shape index (κ2) is 6.66. The highest BCUT2D eigenvalue weighted by molar-refractivity contribution is 9.10. The number of rotatable bonds is 5. The van der Waals surface area contributed by atoms with Crippen molar-refractivity contribution in [2.75, 3.05) is 12.3 Å². The van der Waals surface area contributed by atoms with Crippen molar-refractivity contribution in [1.29, 1.82) is 0 Å². The van der Waals surface area contributed by atoms with E-state index in [2.05, 4.69) is 33.4 Å². The fourth-order valence-electron chi connectivity index (χ4n) is 1.40. The van der Waals surface area contributed by atoms with Gasteiger partial charge in [0.25, 0.3) is 5.91 Å². The first-order chi connectivity index (χ1) is 8.77. The molecular weight excluding hydrogens is 314 g/mol. The predicted octanol–water partition coefficient (Wildman–Crippen LogP) is 3.56. The number of carbonyl (C=O) groups excluding carboxylic acids is 1. The molecule has 94 valence electrons. The van der Waals surface area contributed by atoms with Crippen molar-refractivity contribution >= 4 is 33.6 Å². The fourth-order valence-corrected chi connectivity index (χ4v) is 2.61. The van der Waals surface area contributed by atoms with E-state index < -0.39 is 0 Å². The van der Waals surface area contributed by atoms with E-state index in [9.17, 15) is 4.79 Å². The van der Waals surface area contributed by atoms with Crippen LogP contribution in [-0.4, -0.2) is 18.2 Å². The van der Waals surface area contributed by atoms with E-state index in [4.69, 9.17) is 4.42 Å². The molecule has 0 saturated heterocycles. The maximum Gasteiger partial charge on any atom is 0.255 e. The number of thioether (sulfide) groups is 1. The first-order valence-corrected chi connectivity index (χ1v) is 7.24. The number of hydrogen-bond acceptors (Lipinski definition) is 3. The molecule has 2 rings (SSSR count). The van der Waals surface area contributed by atoms with Crippen LogP contribution in [0.15, 0.2) is 56.6 Å². The first kappa shape index (κ1) is 13.2. The van der Waals surface area contributed by atoms with Crippen molar-refractivity contribution in [3.8, 4) is 0 Å². The van der Waals surface area contributed by atoms with Gasteiger partial charge in [0.15, 0.2) is 4.67 Å². The quantitative estimate of drug-likeness (QED) is 0.675. The highest BCUT2D eigenvalue weighted by Gasteiger charge is 2.11. The van der Waals surface area contributed by atoms with Gasteiger partial charge in [-0.15, -0.1) is 11.8 Å². The zero-order chi connectivity index (χ0) is 12.8. The minimum absolute atomic E-state index is 0.121. The molecule has 0 unspecified atom stereocenters. The molecular formula is C13H12BrNO2S. The average Bonchev–Trinajstić information content (AvgIpc) is 2.82. The zero-order valence-electron chi connectivity index (χ0n) is 9.56. The second-order valence-electron chi connectivity index (χ2n) is 3.53.